The Bertz CT molecular complexity index is 984. The monoisotopic (exact) mass is 390 g/mol. The molecular formula is C28H22S. The van der Waals surface area contributed by atoms with Crippen molar-refractivity contribution in [3.05, 3.63) is 131 Å². The molecule has 0 saturated heterocycles. The molecule has 4 rings (SSSR count). The van der Waals surface area contributed by atoms with Gasteiger partial charge >= 0.3 is 0 Å². The molecule has 0 aromatic heterocycles. The SMILES string of the molecule is C(=Cc1ccc(Sc2ccc(C=Cc3ccccc3)cc2)cc1)c1ccccc1. The highest BCUT2D eigenvalue weighted by Crippen LogP contribution is 2.28. The van der Waals surface area contributed by atoms with Gasteiger partial charge in [-0.25, -0.2) is 0 Å². The maximum Gasteiger partial charge on any atom is 0.0122 e. The van der Waals surface area contributed by atoms with Gasteiger partial charge in [0.15, 0.2) is 0 Å². The van der Waals surface area contributed by atoms with Crippen molar-refractivity contribution in [2.45, 2.75) is 9.79 Å². The molecule has 0 aliphatic heterocycles. The molecule has 0 spiro atoms. The normalized spacial score (nSPS) is 11.3. The van der Waals surface area contributed by atoms with Crippen LogP contribution < -0.4 is 0 Å². The first-order chi connectivity index (χ1) is 14.3. The summed E-state index contributed by atoms with van der Waals surface area (Å²) in [4.78, 5) is 2.49. The van der Waals surface area contributed by atoms with E-state index in [-0.39, 0.29) is 0 Å². The third kappa shape index (κ3) is 5.84. The fourth-order valence-corrected chi connectivity index (χ4v) is 3.76. The Balaban J connectivity index is 1.36. The van der Waals surface area contributed by atoms with Crippen LogP contribution in [-0.2, 0) is 0 Å². The molecule has 0 unspecified atom stereocenters. The van der Waals surface area contributed by atoms with Crippen LogP contribution in [0.25, 0.3) is 24.3 Å². The van der Waals surface area contributed by atoms with Gasteiger partial charge in [0.05, 0.1) is 0 Å². The lowest BCUT2D eigenvalue weighted by Crippen LogP contribution is -1.77. The first kappa shape index (κ1) is 19.0. The van der Waals surface area contributed by atoms with Crippen molar-refractivity contribution in [2.75, 3.05) is 0 Å². The van der Waals surface area contributed by atoms with Crippen molar-refractivity contribution in [2.24, 2.45) is 0 Å². The van der Waals surface area contributed by atoms with E-state index < -0.39 is 0 Å². The van der Waals surface area contributed by atoms with Gasteiger partial charge < -0.3 is 0 Å². The van der Waals surface area contributed by atoms with E-state index in [1.807, 2.05) is 12.1 Å². The Morgan fingerprint density at radius 1 is 0.345 bits per heavy atom. The quantitative estimate of drug-likeness (QED) is 0.299. The number of benzene rings is 4. The molecule has 140 valence electrons. The first-order valence-corrected chi connectivity index (χ1v) is 10.5. The molecule has 0 aliphatic carbocycles. The van der Waals surface area contributed by atoms with Crippen LogP contribution in [0.3, 0.4) is 0 Å². The molecule has 0 bridgehead atoms. The second kappa shape index (κ2) is 9.77. The van der Waals surface area contributed by atoms with E-state index in [2.05, 4.69) is 121 Å². The lowest BCUT2D eigenvalue weighted by molar-refractivity contribution is 1.40. The van der Waals surface area contributed by atoms with Crippen LogP contribution >= 0.6 is 11.8 Å². The molecule has 0 radical (unpaired) electrons. The zero-order valence-electron chi connectivity index (χ0n) is 16.1. The second-order valence-corrected chi connectivity index (χ2v) is 7.88. The Morgan fingerprint density at radius 2 is 0.655 bits per heavy atom. The van der Waals surface area contributed by atoms with Crippen LogP contribution in [0.15, 0.2) is 119 Å². The van der Waals surface area contributed by atoms with E-state index in [9.17, 15) is 0 Å². The zero-order valence-corrected chi connectivity index (χ0v) is 16.9. The van der Waals surface area contributed by atoms with E-state index in [0.29, 0.717) is 0 Å². The van der Waals surface area contributed by atoms with E-state index in [1.165, 1.54) is 32.0 Å². The van der Waals surface area contributed by atoms with Crippen molar-refractivity contribution in [3.8, 4) is 0 Å². The van der Waals surface area contributed by atoms with Gasteiger partial charge in [0, 0.05) is 9.79 Å². The predicted octanol–water partition coefficient (Wildman–Crippen LogP) is 8.18. The van der Waals surface area contributed by atoms with E-state index in [0.717, 1.165) is 0 Å². The molecule has 0 nitrogen and oxygen atoms in total. The van der Waals surface area contributed by atoms with E-state index >= 15 is 0 Å². The van der Waals surface area contributed by atoms with Crippen molar-refractivity contribution >= 4 is 36.1 Å². The van der Waals surface area contributed by atoms with Crippen LogP contribution in [0.2, 0.25) is 0 Å². The van der Waals surface area contributed by atoms with Gasteiger partial charge in [0.2, 0.25) is 0 Å². The second-order valence-electron chi connectivity index (χ2n) is 6.73. The maximum atomic E-state index is 2.18. The predicted molar refractivity (Wildman–Crippen MR) is 128 cm³/mol. The van der Waals surface area contributed by atoms with Crippen LogP contribution in [0.1, 0.15) is 22.3 Å². The fraction of sp³-hybridized carbons (Fsp3) is 0. The Morgan fingerprint density at radius 3 is 1.00 bits per heavy atom. The third-order valence-corrected chi connectivity index (χ3v) is 5.55. The lowest BCUT2D eigenvalue weighted by atomic mass is 10.1. The molecule has 0 N–H and O–H groups in total. The molecule has 0 heterocycles. The standard InChI is InChI=1S/C28H22S/c1-3-7-23(8-4-1)11-13-25-15-19-27(20-16-25)29-28-21-17-26(18-22-28)14-12-24-9-5-2-6-10-24/h1-22H. The van der Waals surface area contributed by atoms with Crippen LogP contribution in [0.4, 0.5) is 0 Å². The van der Waals surface area contributed by atoms with E-state index in [1.54, 1.807) is 11.8 Å². The van der Waals surface area contributed by atoms with Gasteiger partial charge in [0.25, 0.3) is 0 Å². The van der Waals surface area contributed by atoms with Gasteiger partial charge in [-0.3, -0.25) is 0 Å². The van der Waals surface area contributed by atoms with Gasteiger partial charge in [-0.15, -0.1) is 0 Å². The van der Waals surface area contributed by atoms with Gasteiger partial charge in [-0.05, 0) is 46.5 Å². The number of rotatable bonds is 6. The fourth-order valence-electron chi connectivity index (χ4n) is 2.94. The molecule has 0 aliphatic rings. The van der Waals surface area contributed by atoms with Crippen molar-refractivity contribution in [3.63, 3.8) is 0 Å². The smallest absolute Gasteiger partial charge is 0.0122 e. The van der Waals surface area contributed by atoms with Crippen molar-refractivity contribution in [1.29, 1.82) is 0 Å². The third-order valence-electron chi connectivity index (χ3n) is 4.53. The maximum absolute atomic E-state index is 2.18. The molecular weight excluding hydrogens is 368 g/mol. The summed E-state index contributed by atoms with van der Waals surface area (Å²) in [7, 11) is 0. The number of hydrogen-bond donors (Lipinski definition) is 0. The summed E-state index contributed by atoms with van der Waals surface area (Å²) < 4.78 is 0. The molecule has 0 amide bonds. The highest BCUT2D eigenvalue weighted by Gasteiger charge is 1.98. The summed E-state index contributed by atoms with van der Waals surface area (Å²) >= 11 is 1.79. The van der Waals surface area contributed by atoms with Crippen molar-refractivity contribution in [1.82, 2.24) is 0 Å². The Hall–Kier alpha value is -3.29. The summed E-state index contributed by atoms with van der Waals surface area (Å²) in [6.07, 6.45) is 8.59. The minimum Gasteiger partial charge on any atom is -0.0901 e. The Kier molecular flexibility index (Phi) is 6.42. The van der Waals surface area contributed by atoms with E-state index in [4.69, 9.17) is 0 Å². The highest BCUT2D eigenvalue weighted by atomic mass is 32.2. The molecule has 1 heteroatoms. The molecule has 29 heavy (non-hydrogen) atoms. The van der Waals surface area contributed by atoms with Crippen LogP contribution in [0, 0.1) is 0 Å². The average Bonchev–Trinajstić information content (AvgIpc) is 2.80. The van der Waals surface area contributed by atoms with Gasteiger partial charge in [-0.1, -0.05) is 121 Å². The summed E-state index contributed by atoms with van der Waals surface area (Å²) in [5.41, 5.74) is 4.85. The number of hydrogen-bond acceptors (Lipinski definition) is 1. The Labute approximate surface area is 177 Å². The van der Waals surface area contributed by atoms with Gasteiger partial charge in [-0.2, -0.15) is 0 Å². The molecule has 0 fully saturated rings. The zero-order chi connectivity index (χ0) is 19.7. The molecule has 4 aromatic carbocycles. The summed E-state index contributed by atoms with van der Waals surface area (Å²) in [6.45, 7) is 0. The molecule has 4 aromatic rings. The molecule has 0 saturated carbocycles. The lowest BCUT2D eigenvalue weighted by Gasteiger charge is -2.03. The first-order valence-electron chi connectivity index (χ1n) is 9.69. The minimum atomic E-state index is 1.21. The van der Waals surface area contributed by atoms with Crippen molar-refractivity contribution < 1.29 is 0 Å². The summed E-state index contributed by atoms with van der Waals surface area (Å²) in [5.74, 6) is 0. The summed E-state index contributed by atoms with van der Waals surface area (Å²) in [6, 6.07) is 38.1. The largest absolute Gasteiger partial charge is 0.0901 e. The topological polar surface area (TPSA) is 0 Å². The summed E-state index contributed by atoms with van der Waals surface area (Å²) in [5, 5.41) is 0. The van der Waals surface area contributed by atoms with Crippen LogP contribution in [-0.4, -0.2) is 0 Å². The molecule has 0 atom stereocenters. The minimum absolute atomic E-state index is 1.21. The highest BCUT2D eigenvalue weighted by molar-refractivity contribution is 7.99. The van der Waals surface area contributed by atoms with Crippen LogP contribution in [0.5, 0.6) is 0 Å². The average molecular weight is 391 g/mol. The van der Waals surface area contributed by atoms with Gasteiger partial charge in [0.1, 0.15) is 0 Å².